The molecule has 166 valence electrons. The molecule has 2 atom stereocenters. The van der Waals surface area contributed by atoms with Crippen LogP contribution in [0.15, 0.2) is 6.07 Å². The number of nitrogens with zero attached hydrogens (tertiary/aromatic N) is 1. The van der Waals surface area contributed by atoms with E-state index in [2.05, 4.69) is 0 Å². The predicted octanol–water partition coefficient (Wildman–Crippen LogP) is 2.91. The van der Waals surface area contributed by atoms with Crippen molar-refractivity contribution >= 4 is 11.6 Å². The molecule has 1 aromatic carbocycles. The second-order valence-corrected chi connectivity index (χ2v) is 8.54. The van der Waals surface area contributed by atoms with E-state index < -0.39 is 11.9 Å². The third-order valence-electron chi connectivity index (χ3n) is 6.54. The lowest BCUT2D eigenvalue weighted by Crippen LogP contribution is -2.40. The standard InChI is InChI=1S/C23H33NO6/c1-24-10-9-15(18(27)13-24)21-19(29-2)12-20(30-3)22(23(21)28)17(26)11-16(25)14-7-5-4-6-8-14/h12,14-15,18,27-28H,4-11,13H2,1-3H3. The molecule has 2 aliphatic rings. The van der Waals surface area contributed by atoms with Gasteiger partial charge in [-0.2, -0.15) is 0 Å². The number of Topliss-reactive ketones (excluding diaryl/α,β-unsaturated/α-hetero) is 2. The Hall–Kier alpha value is -2.12. The lowest BCUT2D eigenvalue weighted by molar-refractivity contribution is -0.122. The van der Waals surface area contributed by atoms with Gasteiger partial charge in [0.1, 0.15) is 28.6 Å². The second kappa shape index (κ2) is 9.79. The summed E-state index contributed by atoms with van der Waals surface area (Å²) >= 11 is 0. The molecular weight excluding hydrogens is 386 g/mol. The average molecular weight is 420 g/mol. The van der Waals surface area contributed by atoms with Gasteiger partial charge in [-0.05, 0) is 32.9 Å². The van der Waals surface area contributed by atoms with Crippen molar-refractivity contribution < 1.29 is 29.3 Å². The number of ketones is 2. The highest BCUT2D eigenvalue weighted by Gasteiger charge is 2.35. The monoisotopic (exact) mass is 419 g/mol. The molecule has 7 heteroatoms. The van der Waals surface area contributed by atoms with Gasteiger partial charge in [-0.1, -0.05) is 19.3 Å². The van der Waals surface area contributed by atoms with Gasteiger partial charge in [0.25, 0.3) is 0 Å². The number of hydrogen-bond donors (Lipinski definition) is 2. The first-order valence-electron chi connectivity index (χ1n) is 10.8. The van der Waals surface area contributed by atoms with Crippen molar-refractivity contribution in [2.24, 2.45) is 5.92 Å². The molecule has 2 N–H and O–H groups in total. The summed E-state index contributed by atoms with van der Waals surface area (Å²) in [5.41, 5.74) is 0.413. The number of likely N-dealkylation sites (tertiary alicyclic amines) is 1. The number of hydrogen-bond acceptors (Lipinski definition) is 7. The van der Waals surface area contributed by atoms with Crippen LogP contribution in [0.1, 0.15) is 66.8 Å². The highest BCUT2D eigenvalue weighted by atomic mass is 16.5. The summed E-state index contributed by atoms with van der Waals surface area (Å²) < 4.78 is 10.8. The Bertz CT molecular complexity index is 786. The summed E-state index contributed by atoms with van der Waals surface area (Å²) in [6, 6.07) is 1.57. The molecule has 0 radical (unpaired) electrons. The van der Waals surface area contributed by atoms with E-state index in [1.807, 2.05) is 11.9 Å². The number of phenols is 1. The van der Waals surface area contributed by atoms with Crippen LogP contribution in [0, 0.1) is 5.92 Å². The molecule has 1 saturated carbocycles. The van der Waals surface area contributed by atoms with E-state index >= 15 is 0 Å². The number of aliphatic hydroxyl groups excluding tert-OH is 1. The number of methoxy groups -OCH3 is 2. The Morgan fingerprint density at radius 1 is 1.10 bits per heavy atom. The van der Waals surface area contributed by atoms with E-state index in [-0.39, 0.29) is 41.1 Å². The number of carbonyl (C=O) groups is 2. The summed E-state index contributed by atoms with van der Waals surface area (Å²) in [4.78, 5) is 27.8. The molecule has 1 aliphatic carbocycles. The van der Waals surface area contributed by atoms with Gasteiger partial charge in [0.2, 0.25) is 0 Å². The molecule has 3 rings (SSSR count). The lowest BCUT2D eigenvalue weighted by atomic mass is 9.82. The highest BCUT2D eigenvalue weighted by molar-refractivity contribution is 6.11. The van der Waals surface area contributed by atoms with E-state index in [1.165, 1.54) is 14.2 Å². The van der Waals surface area contributed by atoms with Gasteiger partial charge < -0.3 is 24.6 Å². The maximum atomic E-state index is 13.1. The zero-order valence-electron chi connectivity index (χ0n) is 18.1. The fourth-order valence-corrected chi connectivity index (χ4v) is 4.84. The zero-order valence-corrected chi connectivity index (χ0v) is 18.1. The van der Waals surface area contributed by atoms with Crippen molar-refractivity contribution in [2.75, 3.05) is 34.4 Å². The van der Waals surface area contributed by atoms with Gasteiger partial charge in [0.15, 0.2) is 5.78 Å². The minimum Gasteiger partial charge on any atom is -0.507 e. The van der Waals surface area contributed by atoms with Gasteiger partial charge in [0, 0.05) is 30.0 Å². The smallest absolute Gasteiger partial charge is 0.177 e. The molecule has 30 heavy (non-hydrogen) atoms. The third-order valence-corrected chi connectivity index (χ3v) is 6.54. The maximum absolute atomic E-state index is 13.1. The molecular formula is C23H33NO6. The van der Waals surface area contributed by atoms with Gasteiger partial charge >= 0.3 is 0 Å². The van der Waals surface area contributed by atoms with Crippen LogP contribution in [0.4, 0.5) is 0 Å². The first-order valence-corrected chi connectivity index (χ1v) is 10.8. The molecule has 2 unspecified atom stereocenters. The topological polar surface area (TPSA) is 96.3 Å². The number of rotatable bonds is 7. The Kier molecular flexibility index (Phi) is 7.36. The number of β-amino-alcohol motifs (C(OH)–C–C–N with tert-alkyl or cyclic N) is 1. The van der Waals surface area contributed by atoms with Crippen molar-refractivity contribution in [1.29, 1.82) is 0 Å². The quantitative estimate of drug-likeness (QED) is 0.518. The van der Waals surface area contributed by atoms with Crippen molar-refractivity contribution in [3.05, 3.63) is 17.2 Å². The Balaban J connectivity index is 1.94. The minimum absolute atomic E-state index is 0.00332. The van der Waals surface area contributed by atoms with Gasteiger partial charge in [0.05, 0.1) is 26.7 Å². The van der Waals surface area contributed by atoms with E-state index in [0.29, 0.717) is 24.3 Å². The Labute approximate surface area is 178 Å². The maximum Gasteiger partial charge on any atom is 0.177 e. The van der Waals surface area contributed by atoms with Crippen LogP contribution in [0.2, 0.25) is 0 Å². The Morgan fingerprint density at radius 2 is 1.77 bits per heavy atom. The fourth-order valence-electron chi connectivity index (χ4n) is 4.84. The summed E-state index contributed by atoms with van der Waals surface area (Å²) in [7, 11) is 4.82. The first-order chi connectivity index (χ1) is 14.4. The number of ether oxygens (including phenoxy) is 2. The minimum atomic E-state index is -0.705. The van der Waals surface area contributed by atoms with Gasteiger partial charge in [-0.3, -0.25) is 9.59 Å². The number of carbonyl (C=O) groups excluding carboxylic acids is 2. The molecule has 0 spiro atoms. The third kappa shape index (κ3) is 4.62. The van der Waals surface area contributed by atoms with Crippen LogP contribution >= 0.6 is 0 Å². The van der Waals surface area contributed by atoms with E-state index in [4.69, 9.17) is 9.47 Å². The largest absolute Gasteiger partial charge is 0.507 e. The van der Waals surface area contributed by atoms with Crippen LogP contribution in [0.3, 0.4) is 0 Å². The number of aliphatic hydroxyl groups is 1. The van der Waals surface area contributed by atoms with E-state index in [0.717, 1.165) is 38.6 Å². The summed E-state index contributed by atoms with van der Waals surface area (Å²) in [6.07, 6.45) is 4.46. The van der Waals surface area contributed by atoms with Crippen molar-refractivity contribution in [2.45, 2.75) is 57.0 Å². The molecule has 2 fully saturated rings. The number of piperidine rings is 1. The van der Waals surface area contributed by atoms with Gasteiger partial charge in [-0.15, -0.1) is 0 Å². The molecule has 1 saturated heterocycles. The van der Waals surface area contributed by atoms with Crippen LogP contribution in [-0.2, 0) is 4.79 Å². The second-order valence-electron chi connectivity index (χ2n) is 8.54. The first kappa shape index (κ1) is 22.6. The van der Waals surface area contributed by atoms with E-state index in [9.17, 15) is 19.8 Å². The molecule has 0 aromatic heterocycles. The van der Waals surface area contributed by atoms with Crippen LogP contribution < -0.4 is 9.47 Å². The van der Waals surface area contributed by atoms with Crippen molar-refractivity contribution in [3.63, 3.8) is 0 Å². The van der Waals surface area contributed by atoms with Crippen molar-refractivity contribution in [1.82, 2.24) is 4.90 Å². The summed E-state index contributed by atoms with van der Waals surface area (Å²) in [5, 5.41) is 21.8. The summed E-state index contributed by atoms with van der Waals surface area (Å²) in [6.45, 7) is 1.21. The predicted molar refractivity (Wildman–Crippen MR) is 113 cm³/mol. The van der Waals surface area contributed by atoms with Crippen LogP contribution in [0.5, 0.6) is 17.2 Å². The zero-order chi connectivity index (χ0) is 21.8. The number of likely N-dealkylation sites (N-methyl/N-ethyl adjacent to an activating group) is 1. The molecule has 0 amide bonds. The van der Waals surface area contributed by atoms with E-state index in [1.54, 1.807) is 6.07 Å². The SMILES string of the molecule is COc1cc(OC)c(C2CCN(C)CC2O)c(O)c1C(=O)CC(=O)C1CCCCC1. The molecule has 1 aromatic rings. The highest BCUT2D eigenvalue weighted by Crippen LogP contribution is 2.46. The number of benzene rings is 1. The summed E-state index contributed by atoms with van der Waals surface area (Å²) in [5.74, 6) is -0.678. The average Bonchev–Trinajstić information content (AvgIpc) is 2.74. The molecule has 0 bridgehead atoms. The molecule has 1 aliphatic heterocycles. The Morgan fingerprint density at radius 3 is 2.37 bits per heavy atom. The van der Waals surface area contributed by atoms with Gasteiger partial charge in [-0.25, -0.2) is 0 Å². The van der Waals surface area contributed by atoms with Crippen LogP contribution in [0.25, 0.3) is 0 Å². The van der Waals surface area contributed by atoms with Crippen LogP contribution in [-0.4, -0.2) is 67.1 Å². The van der Waals surface area contributed by atoms with Crippen molar-refractivity contribution in [3.8, 4) is 17.2 Å². The lowest BCUT2D eigenvalue weighted by Gasteiger charge is -2.35. The molecule has 7 nitrogen and oxygen atoms in total. The normalized spacial score (nSPS) is 23.2. The molecule has 1 heterocycles. The fraction of sp³-hybridized carbons (Fsp3) is 0.652. The number of aromatic hydroxyl groups is 1. The number of phenolic OH excluding ortho intramolecular Hbond substituents is 1.